The monoisotopic (exact) mass is 269 g/mol. The Kier molecular flexibility index (Phi) is 7.33. The molecule has 0 spiro atoms. The second-order valence-corrected chi connectivity index (χ2v) is 7.22. The third-order valence-electron chi connectivity index (χ3n) is 4.10. The third-order valence-corrected chi connectivity index (χ3v) is 4.10. The van der Waals surface area contributed by atoms with Gasteiger partial charge in [-0.3, -0.25) is 0 Å². The van der Waals surface area contributed by atoms with E-state index in [-0.39, 0.29) is 5.54 Å². The molecule has 0 aromatic rings. The summed E-state index contributed by atoms with van der Waals surface area (Å²) in [4.78, 5) is 5.10. The molecule has 1 atom stereocenters. The minimum Gasteiger partial charge on any atom is -0.312 e. The van der Waals surface area contributed by atoms with Gasteiger partial charge in [-0.05, 0) is 60.7 Å². The zero-order valence-electron chi connectivity index (χ0n) is 13.8. The first-order chi connectivity index (χ1) is 8.88. The molecule has 1 heterocycles. The molecule has 3 nitrogen and oxygen atoms in total. The minimum absolute atomic E-state index is 0.274. The highest BCUT2D eigenvalue weighted by Crippen LogP contribution is 2.09. The first-order valence-electron chi connectivity index (χ1n) is 8.06. The molecule has 0 aromatic carbocycles. The van der Waals surface area contributed by atoms with Gasteiger partial charge in [0.15, 0.2) is 0 Å². The van der Waals surface area contributed by atoms with E-state index in [4.69, 9.17) is 0 Å². The highest BCUT2D eigenvalue weighted by atomic mass is 15.3. The van der Waals surface area contributed by atoms with Crippen molar-refractivity contribution < 1.29 is 0 Å². The largest absolute Gasteiger partial charge is 0.312 e. The van der Waals surface area contributed by atoms with E-state index in [1.54, 1.807) is 0 Å². The number of unbranched alkanes of at least 4 members (excludes halogenated alkanes) is 3. The molecule has 0 bridgehead atoms. The number of hydrogen-bond acceptors (Lipinski definition) is 3. The van der Waals surface area contributed by atoms with Crippen LogP contribution in [0, 0.1) is 0 Å². The van der Waals surface area contributed by atoms with Gasteiger partial charge in [0.1, 0.15) is 0 Å². The number of likely N-dealkylation sites (N-methyl/N-ethyl adjacent to an activating group) is 1. The lowest BCUT2D eigenvalue weighted by Gasteiger charge is -2.37. The Hall–Kier alpha value is -0.120. The van der Waals surface area contributed by atoms with E-state index in [9.17, 15) is 0 Å². The highest BCUT2D eigenvalue weighted by Gasteiger charge is 2.19. The third kappa shape index (κ3) is 7.91. The predicted octanol–water partition coefficient (Wildman–Crippen LogP) is 2.57. The lowest BCUT2D eigenvalue weighted by Crippen LogP contribution is -2.50. The Morgan fingerprint density at radius 1 is 1.05 bits per heavy atom. The second-order valence-electron chi connectivity index (χ2n) is 7.22. The molecule has 0 amide bonds. The fraction of sp³-hybridized carbons (Fsp3) is 1.00. The number of nitrogens with zero attached hydrogens (tertiary/aromatic N) is 2. The van der Waals surface area contributed by atoms with Gasteiger partial charge in [0.2, 0.25) is 0 Å². The first kappa shape index (κ1) is 16.9. The van der Waals surface area contributed by atoms with Gasteiger partial charge in [0.25, 0.3) is 0 Å². The summed E-state index contributed by atoms with van der Waals surface area (Å²) in [6.45, 7) is 15.3. The topological polar surface area (TPSA) is 18.5 Å². The smallest absolute Gasteiger partial charge is 0.0192 e. The molecule has 1 aliphatic rings. The maximum Gasteiger partial charge on any atom is 0.0192 e. The average Bonchev–Trinajstić information content (AvgIpc) is 2.31. The SMILES string of the molecule is CC1CN(CCCCCCNC(C)(C)C)CCN1C. The number of nitrogens with one attached hydrogen (secondary N) is 1. The number of rotatable bonds is 7. The van der Waals surface area contributed by atoms with Crippen LogP contribution in [-0.4, -0.2) is 61.2 Å². The van der Waals surface area contributed by atoms with Crippen molar-refractivity contribution >= 4 is 0 Å². The summed E-state index contributed by atoms with van der Waals surface area (Å²) in [5.74, 6) is 0. The molecular weight excluding hydrogens is 234 g/mol. The molecule has 114 valence electrons. The van der Waals surface area contributed by atoms with Crippen LogP contribution in [0.5, 0.6) is 0 Å². The van der Waals surface area contributed by atoms with Crippen molar-refractivity contribution in [2.75, 3.05) is 39.8 Å². The summed E-state index contributed by atoms with van der Waals surface area (Å²) in [5.41, 5.74) is 0.274. The van der Waals surface area contributed by atoms with Crippen LogP contribution in [0.25, 0.3) is 0 Å². The Morgan fingerprint density at radius 3 is 2.37 bits per heavy atom. The van der Waals surface area contributed by atoms with E-state index < -0.39 is 0 Å². The molecule has 1 fully saturated rings. The van der Waals surface area contributed by atoms with Gasteiger partial charge in [0.05, 0.1) is 0 Å². The maximum absolute atomic E-state index is 3.56. The fourth-order valence-corrected chi connectivity index (χ4v) is 2.60. The zero-order chi connectivity index (χ0) is 14.3. The zero-order valence-corrected chi connectivity index (χ0v) is 13.8. The van der Waals surface area contributed by atoms with Gasteiger partial charge < -0.3 is 15.1 Å². The fourth-order valence-electron chi connectivity index (χ4n) is 2.60. The molecule has 0 aromatic heterocycles. The maximum atomic E-state index is 3.56. The van der Waals surface area contributed by atoms with Crippen molar-refractivity contribution in [3.05, 3.63) is 0 Å². The van der Waals surface area contributed by atoms with Crippen LogP contribution in [0.1, 0.15) is 53.4 Å². The summed E-state index contributed by atoms with van der Waals surface area (Å²) in [7, 11) is 2.24. The van der Waals surface area contributed by atoms with Crippen molar-refractivity contribution in [2.24, 2.45) is 0 Å². The summed E-state index contributed by atoms with van der Waals surface area (Å²) >= 11 is 0. The average molecular weight is 269 g/mol. The van der Waals surface area contributed by atoms with Crippen LogP contribution in [-0.2, 0) is 0 Å². The molecule has 1 aliphatic heterocycles. The number of piperazine rings is 1. The molecular formula is C16H35N3. The summed E-state index contributed by atoms with van der Waals surface area (Å²) in [6, 6.07) is 0.727. The van der Waals surface area contributed by atoms with Gasteiger partial charge in [-0.15, -0.1) is 0 Å². The lowest BCUT2D eigenvalue weighted by atomic mass is 10.1. The lowest BCUT2D eigenvalue weighted by molar-refractivity contribution is 0.104. The first-order valence-corrected chi connectivity index (χ1v) is 8.06. The summed E-state index contributed by atoms with van der Waals surface area (Å²) in [6.07, 6.45) is 5.43. The van der Waals surface area contributed by atoms with Gasteiger partial charge in [0, 0.05) is 31.2 Å². The summed E-state index contributed by atoms with van der Waals surface area (Å²) < 4.78 is 0. The summed E-state index contributed by atoms with van der Waals surface area (Å²) in [5, 5.41) is 3.56. The molecule has 1 saturated heterocycles. The van der Waals surface area contributed by atoms with Gasteiger partial charge in [-0.25, -0.2) is 0 Å². The Labute approximate surface area is 120 Å². The van der Waals surface area contributed by atoms with E-state index in [1.165, 1.54) is 51.9 Å². The Balaban J connectivity index is 1.94. The normalized spacial score (nSPS) is 22.9. The van der Waals surface area contributed by atoms with E-state index in [0.717, 1.165) is 12.6 Å². The van der Waals surface area contributed by atoms with Gasteiger partial charge in [-0.1, -0.05) is 12.8 Å². The second kappa shape index (κ2) is 8.23. The van der Waals surface area contributed by atoms with Crippen molar-refractivity contribution in [3.63, 3.8) is 0 Å². The Bertz CT molecular complexity index is 235. The van der Waals surface area contributed by atoms with E-state index in [0.29, 0.717) is 0 Å². The quantitative estimate of drug-likeness (QED) is 0.717. The standard InChI is InChI=1S/C16H35N3/c1-15-14-19(13-12-18(15)5)11-9-7-6-8-10-17-16(2,3)4/h15,17H,6-14H2,1-5H3. The molecule has 0 saturated carbocycles. The molecule has 0 aliphatic carbocycles. The number of hydrogen-bond donors (Lipinski definition) is 1. The van der Waals surface area contributed by atoms with Crippen molar-refractivity contribution in [3.8, 4) is 0 Å². The predicted molar refractivity (Wildman–Crippen MR) is 84.8 cm³/mol. The molecule has 1 rings (SSSR count). The molecule has 1 unspecified atom stereocenters. The van der Waals surface area contributed by atoms with Crippen molar-refractivity contribution in [2.45, 2.75) is 65.0 Å². The van der Waals surface area contributed by atoms with E-state index in [2.05, 4.69) is 49.9 Å². The Morgan fingerprint density at radius 2 is 1.74 bits per heavy atom. The van der Waals surface area contributed by atoms with Crippen LogP contribution >= 0.6 is 0 Å². The molecule has 1 N–H and O–H groups in total. The van der Waals surface area contributed by atoms with E-state index in [1.807, 2.05) is 0 Å². The van der Waals surface area contributed by atoms with Crippen LogP contribution in [0.4, 0.5) is 0 Å². The van der Waals surface area contributed by atoms with E-state index >= 15 is 0 Å². The molecule has 19 heavy (non-hydrogen) atoms. The van der Waals surface area contributed by atoms with Crippen molar-refractivity contribution in [1.82, 2.24) is 15.1 Å². The van der Waals surface area contributed by atoms with Gasteiger partial charge >= 0.3 is 0 Å². The van der Waals surface area contributed by atoms with Crippen LogP contribution in [0.2, 0.25) is 0 Å². The van der Waals surface area contributed by atoms with Crippen LogP contribution in [0.15, 0.2) is 0 Å². The van der Waals surface area contributed by atoms with Crippen molar-refractivity contribution in [1.29, 1.82) is 0 Å². The van der Waals surface area contributed by atoms with Crippen LogP contribution < -0.4 is 5.32 Å². The van der Waals surface area contributed by atoms with Gasteiger partial charge in [-0.2, -0.15) is 0 Å². The molecule has 3 heteroatoms. The highest BCUT2D eigenvalue weighted by molar-refractivity contribution is 4.76. The molecule has 0 radical (unpaired) electrons. The van der Waals surface area contributed by atoms with Crippen LogP contribution in [0.3, 0.4) is 0 Å². The minimum atomic E-state index is 0.274.